The van der Waals surface area contributed by atoms with Gasteiger partial charge in [-0.05, 0) is 94.7 Å². The largest absolute Gasteiger partial charge is 0.497 e. The molecule has 250 valence electrons. The van der Waals surface area contributed by atoms with Crippen LogP contribution in [0.4, 0.5) is 5.69 Å². The number of ether oxygens (including phenoxy) is 2. The molecule has 2 aliphatic rings. The maximum atomic E-state index is 13.5. The Hall–Kier alpha value is -3.09. The predicted octanol–water partition coefficient (Wildman–Crippen LogP) is 8.62. The number of methoxy groups -OCH3 is 1. The van der Waals surface area contributed by atoms with Crippen molar-refractivity contribution < 1.29 is 23.9 Å². The van der Waals surface area contributed by atoms with Gasteiger partial charge in [0, 0.05) is 30.5 Å². The van der Waals surface area contributed by atoms with Crippen molar-refractivity contribution in [2.45, 2.75) is 142 Å². The van der Waals surface area contributed by atoms with Crippen LogP contribution in [0.3, 0.4) is 0 Å². The monoisotopic (exact) mass is 622 g/mol. The first-order chi connectivity index (χ1) is 21.7. The van der Waals surface area contributed by atoms with Crippen LogP contribution in [0.2, 0.25) is 0 Å². The summed E-state index contributed by atoms with van der Waals surface area (Å²) in [6, 6.07) is 5.32. The van der Waals surface area contributed by atoms with Crippen molar-refractivity contribution in [1.82, 2.24) is 5.32 Å². The molecule has 7 nitrogen and oxygen atoms in total. The van der Waals surface area contributed by atoms with Crippen molar-refractivity contribution in [3.8, 4) is 5.75 Å². The van der Waals surface area contributed by atoms with E-state index in [4.69, 9.17) is 9.47 Å². The van der Waals surface area contributed by atoms with Crippen molar-refractivity contribution >= 4 is 23.5 Å². The van der Waals surface area contributed by atoms with Crippen LogP contribution in [0, 0.1) is 11.8 Å². The zero-order chi connectivity index (χ0) is 32.4. The van der Waals surface area contributed by atoms with Gasteiger partial charge >= 0.3 is 5.97 Å². The van der Waals surface area contributed by atoms with Gasteiger partial charge in [0.25, 0.3) is 0 Å². The lowest BCUT2D eigenvalue weighted by atomic mass is 9.88. The maximum Gasteiger partial charge on any atom is 0.328 e. The molecular formula is C38H58N2O5. The van der Waals surface area contributed by atoms with Crippen LogP contribution >= 0.6 is 0 Å². The first-order valence-electron chi connectivity index (χ1n) is 17.5. The number of anilines is 1. The topological polar surface area (TPSA) is 93.7 Å². The summed E-state index contributed by atoms with van der Waals surface area (Å²) in [5, 5.41) is 6.13. The van der Waals surface area contributed by atoms with Gasteiger partial charge in [-0.3, -0.25) is 9.59 Å². The number of allylic oxidation sites excluding steroid dienone is 3. The average Bonchev–Trinajstić information content (AvgIpc) is 3.01. The lowest BCUT2D eigenvalue weighted by molar-refractivity contribution is -0.154. The predicted molar refractivity (Wildman–Crippen MR) is 182 cm³/mol. The van der Waals surface area contributed by atoms with Gasteiger partial charge in [0.1, 0.15) is 17.9 Å². The highest BCUT2D eigenvalue weighted by molar-refractivity contribution is 5.91. The number of benzene rings is 1. The molecule has 1 aromatic carbocycles. The standard InChI is InChI=1S/C38H58N2O5/c1-28(2)24-35(40-37(42)31-18-11-10-12-19-31)38(43)45-33-20-13-8-6-5-7-9-14-21-36(41)39-32-25-30(26-34(27-32)44-4)17-15-16-29(3)22-23-33/h8,13,16,25-28,31,33,35H,5-7,9-12,14-15,17-24H2,1-4H3,(H,39,41)(H,40,42)/b13-8?,29-16+/t33-,35+/m0/s1. The molecule has 45 heavy (non-hydrogen) atoms. The van der Waals surface area contributed by atoms with Crippen molar-refractivity contribution in [3.05, 3.63) is 47.6 Å². The third-order valence-corrected chi connectivity index (χ3v) is 8.93. The SMILES string of the molecule is COc1cc2cc(c1)NC(=O)CCCCCCC=CC[C@H](OC(=O)[C@@H](CC(C)C)NC(=O)C1CCCCC1)CC/C(C)=C/CC2. The fraction of sp³-hybridized carbons (Fsp3) is 0.658. The molecular weight excluding hydrogens is 564 g/mol. The molecule has 0 spiro atoms. The van der Waals surface area contributed by atoms with E-state index in [1.807, 2.05) is 18.2 Å². The van der Waals surface area contributed by atoms with E-state index in [1.165, 1.54) is 12.0 Å². The van der Waals surface area contributed by atoms with Crippen molar-refractivity contribution in [2.75, 3.05) is 12.4 Å². The number of rotatable bonds is 7. The van der Waals surface area contributed by atoms with Crippen LogP contribution in [0.15, 0.2) is 42.0 Å². The summed E-state index contributed by atoms with van der Waals surface area (Å²) in [5.74, 6) is 0.746. The van der Waals surface area contributed by atoms with Crippen LogP contribution in [-0.4, -0.2) is 37.0 Å². The van der Waals surface area contributed by atoms with Gasteiger partial charge < -0.3 is 20.1 Å². The second-order valence-corrected chi connectivity index (χ2v) is 13.5. The fourth-order valence-electron chi connectivity index (χ4n) is 6.27. The number of amides is 2. The quantitative estimate of drug-likeness (QED) is 0.235. The third-order valence-electron chi connectivity index (χ3n) is 8.93. The highest BCUT2D eigenvalue weighted by Gasteiger charge is 2.29. The molecule has 7 heteroatoms. The van der Waals surface area contributed by atoms with Crippen LogP contribution < -0.4 is 15.4 Å². The molecule has 1 aliphatic carbocycles. The molecule has 0 aromatic heterocycles. The second-order valence-electron chi connectivity index (χ2n) is 13.5. The number of aryl methyl sites for hydroxylation is 1. The minimum Gasteiger partial charge on any atom is -0.497 e. The smallest absolute Gasteiger partial charge is 0.328 e. The third kappa shape index (κ3) is 14.3. The summed E-state index contributed by atoms with van der Waals surface area (Å²) in [5.41, 5.74) is 3.15. The molecule has 0 saturated heterocycles. The number of nitrogens with one attached hydrogen (secondary N) is 2. The van der Waals surface area contributed by atoms with Gasteiger partial charge in [-0.2, -0.15) is 0 Å². The molecule has 1 aliphatic heterocycles. The van der Waals surface area contributed by atoms with Crippen molar-refractivity contribution in [2.24, 2.45) is 11.8 Å². The Labute approximate surface area is 272 Å². The Bertz CT molecular complexity index is 1130. The normalized spacial score (nSPS) is 21.8. The second kappa shape index (κ2) is 20.1. The zero-order valence-electron chi connectivity index (χ0n) is 28.3. The molecule has 1 heterocycles. The first kappa shape index (κ1) is 36.4. The minimum atomic E-state index is -0.612. The van der Waals surface area contributed by atoms with E-state index in [0.29, 0.717) is 19.3 Å². The van der Waals surface area contributed by atoms with Crippen molar-refractivity contribution in [1.29, 1.82) is 0 Å². The number of hydrogen-bond donors (Lipinski definition) is 2. The highest BCUT2D eigenvalue weighted by atomic mass is 16.5. The fourth-order valence-corrected chi connectivity index (χ4v) is 6.27. The zero-order valence-corrected chi connectivity index (χ0v) is 28.3. The minimum absolute atomic E-state index is 0.00573. The van der Waals surface area contributed by atoms with Crippen molar-refractivity contribution in [3.63, 3.8) is 0 Å². The molecule has 2 N–H and O–H groups in total. The maximum absolute atomic E-state index is 13.5. The summed E-state index contributed by atoms with van der Waals surface area (Å²) in [6.07, 6.45) is 21.5. The van der Waals surface area contributed by atoms with Gasteiger partial charge in [0.2, 0.25) is 11.8 Å². The van der Waals surface area contributed by atoms with E-state index < -0.39 is 6.04 Å². The Morgan fingerprint density at radius 2 is 1.67 bits per heavy atom. The van der Waals surface area contributed by atoms with E-state index in [1.54, 1.807) is 7.11 Å². The Morgan fingerprint density at radius 3 is 2.42 bits per heavy atom. The van der Waals surface area contributed by atoms with Crippen LogP contribution in [-0.2, 0) is 25.5 Å². The van der Waals surface area contributed by atoms with Gasteiger partial charge in [-0.25, -0.2) is 4.79 Å². The Kier molecular flexibility index (Phi) is 16.3. The molecule has 1 aromatic rings. The van der Waals surface area contributed by atoms with Crippen LogP contribution in [0.25, 0.3) is 0 Å². The van der Waals surface area contributed by atoms with E-state index in [-0.39, 0.29) is 35.7 Å². The summed E-state index contributed by atoms with van der Waals surface area (Å²) in [6.45, 7) is 6.28. The number of hydrogen-bond acceptors (Lipinski definition) is 5. The van der Waals surface area contributed by atoms with Gasteiger partial charge in [-0.1, -0.05) is 69.8 Å². The van der Waals surface area contributed by atoms with Gasteiger partial charge in [0.05, 0.1) is 7.11 Å². The summed E-state index contributed by atoms with van der Waals surface area (Å²) in [7, 11) is 1.65. The molecule has 0 unspecified atom stereocenters. The molecule has 2 atom stereocenters. The van der Waals surface area contributed by atoms with E-state index in [0.717, 1.165) is 100 Å². The summed E-state index contributed by atoms with van der Waals surface area (Å²) in [4.78, 5) is 39.1. The lowest BCUT2D eigenvalue weighted by Gasteiger charge is -2.26. The van der Waals surface area contributed by atoms with E-state index in [9.17, 15) is 14.4 Å². The average molecular weight is 623 g/mol. The summed E-state index contributed by atoms with van der Waals surface area (Å²) < 4.78 is 11.7. The number of carbonyl (C=O) groups is 3. The number of fused-ring (bicyclic) bond motifs is 2. The lowest BCUT2D eigenvalue weighted by Crippen LogP contribution is -2.46. The Balaban J connectivity index is 1.68. The molecule has 3 rings (SSSR count). The molecule has 1 fully saturated rings. The van der Waals surface area contributed by atoms with Crippen LogP contribution in [0.1, 0.15) is 129 Å². The van der Waals surface area contributed by atoms with E-state index in [2.05, 4.69) is 49.6 Å². The van der Waals surface area contributed by atoms with Gasteiger partial charge in [0.15, 0.2) is 0 Å². The van der Waals surface area contributed by atoms with Crippen LogP contribution in [0.5, 0.6) is 5.75 Å². The molecule has 0 radical (unpaired) electrons. The number of esters is 1. The molecule has 2 amide bonds. The molecule has 1 saturated carbocycles. The Morgan fingerprint density at radius 1 is 0.911 bits per heavy atom. The van der Waals surface area contributed by atoms with E-state index >= 15 is 0 Å². The first-order valence-corrected chi connectivity index (χ1v) is 17.5. The molecule has 2 bridgehead atoms. The highest BCUT2D eigenvalue weighted by Crippen LogP contribution is 2.25. The van der Waals surface area contributed by atoms with Gasteiger partial charge in [-0.15, -0.1) is 0 Å². The summed E-state index contributed by atoms with van der Waals surface area (Å²) >= 11 is 0. The number of carbonyl (C=O) groups excluding carboxylic acids is 3.